The summed E-state index contributed by atoms with van der Waals surface area (Å²) in [5.41, 5.74) is 0. The summed E-state index contributed by atoms with van der Waals surface area (Å²) in [5, 5.41) is 11.9. The average molecular weight is 256 g/mol. The van der Waals surface area contributed by atoms with Crippen molar-refractivity contribution in [2.24, 2.45) is 17.8 Å². The Bertz CT molecular complexity index is 305. The molecular weight excluding hydrogens is 232 g/mol. The zero-order valence-corrected chi connectivity index (χ0v) is 11.5. The number of urea groups is 1. The molecule has 0 radical (unpaired) electrons. The van der Waals surface area contributed by atoms with Crippen LogP contribution in [-0.2, 0) is 4.79 Å². The van der Waals surface area contributed by atoms with E-state index in [0.717, 1.165) is 12.8 Å². The van der Waals surface area contributed by atoms with E-state index in [1.807, 2.05) is 6.92 Å². The van der Waals surface area contributed by atoms with E-state index >= 15 is 0 Å². The topological polar surface area (TPSA) is 69.6 Å². The lowest BCUT2D eigenvalue weighted by Crippen LogP contribution is -2.39. The van der Waals surface area contributed by atoms with E-state index in [4.69, 9.17) is 5.11 Å². The van der Waals surface area contributed by atoms with E-state index in [1.165, 1.54) is 0 Å². The second kappa shape index (κ2) is 6.61. The molecule has 5 nitrogen and oxygen atoms in total. The number of aliphatic carboxylic acids is 1. The number of amides is 2. The van der Waals surface area contributed by atoms with Crippen LogP contribution in [0.25, 0.3) is 0 Å². The van der Waals surface area contributed by atoms with Crippen molar-refractivity contribution >= 4 is 12.0 Å². The number of rotatable bonds is 5. The number of hydrogen-bond donors (Lipinski definition) is 2. The van der Waals surface area contributed by atoms with Crippen molar-refractivity contribution < 1.29 is 14.7 Å². The van der Waals surface area contributed by atoms with Gasteiger partial charge in [0.05, 0.1) is 5.92 Å². The van der Waals surface area contributed by atoms with Gasteiger partial charge in [0.25, 0.3) is 0 Å². The Balaban J connectivity index is 2.29. The van der Waals surface area contributed by atoms with Gasteiger partial charge in [-0.3, -0.25) is 4.79 Å². The van der Waals surface area contributed by atoms with Gasteiger partial charge in [0.15, 0.2) is 0 Å². The van der Waals surface area contributed by atoms with E-state index in [2.05, 4.69) is 19.2 Å². The van der Waals surface area contributed by atoms with Gasteiger partial charge in [0.2, 0.25) is 0 Å². The third-order valence-corrected chi connectivity index (χ3v) is 3.45. The van der Waals surface area contributed by atoms with Crippen molar-refractivity contribution in [3.05, 3.63) is 0 Å². The SMILES string of the molecule is CC(C)CCCNC(=O)N1C[C@@H](C)[C@H](C(=O)O)C1. The van der Waals surface area contributed by atoms with Crippen LogP contribution in [0.3, 0.4) is 0 Å². The molecule has 1 saturated heterocycles. The lowest BCUT2D eigenvalue weighted by atomic mass is 9.99. The summed E-state index contributed by atoms with van der Waals surface area (Å²) in [4.78, 5) is 24.4. The van der Waals surface area contributed by atoms with Crippen LogP contribution in [0.4, 0.5) is 4.79 Å². The van der Waals surface area contributed by atoms with E-state index < -0.39 is 11.9 Å². The highest BCUT2D eigenvalue weighted by Gasteiger charge is 2.36. The molecule has 1 rings (SSSR count). The molecule has 1 aliphatic rings. The van der Waals surface area contributed by atoms with Crippen LogP contribution in [0.2, 0.25) is 0 Å². The number of nitrogens with zero attached hydrogens (tertiary/aromatic N) is 1. The molecule has 0 unspecified atom stereocenters. The molecule has 0 aliphatic carbocycles. The molecule has 0 spiro atoms. The Kier molecular flexibility index (Phi) is 5.44. The Morgan fingerprint density at radius 1 is 1.39 bits per heavy atom. The minimum absolute atomic E-state index is 0.0314. The summed E-state index contributed by atoms with van der Waals surface area (Å²) in [5.74, 6) is -0.557. The molecule has 2 amide bonds. The molecule has 18 heavy (non-hydrogen) atoms. The van der Waals surface area contributed by atoms with Crippen LogP contribution in [0.5, 0.6) is 0 Å². The normalized spacial score (nSPS) is 23.4. The molecule has 2 N–H and O–H groups in total. The highest BCUT2D eigenvalue weighted by molar-refractivity contribution is 5.77. The van der Waals surface area contributed by atoms with Crippen molar-refractivity contribution in [1.82, 2.24) is 10.2 Å². The molecule has 0 aromatic rings. The predicted molar refractivity (Wildman–Crippen MR) is 69.3 cm³/mol. The largest absolute Gasteiger partial charge is 0.481 e. The van der Waals surface area contributed by atoms with Gasteiger partial charge in [-0.2, -0.15) is 0 Å². The van der Waals surface area contributed by atoms with E-state index in [0.29, 0.717) is 25.6 Å². The molecule has 2 atom stereocenters. The zero-order chi connectivity index (χ0) is 13.7. The molecular formula is C13H24N2O3. The number of hydrogen-bond acceptors (Lipinski definition) is 2. The van der Waals surface area contributed by atoms with Crippen LogP contribution in [0.15, 0.2) is 0 Å². The first kappa shape index (κ1) is 14.8. The van der Waals surface area contributed by atoms with Gasteiger partial charge < -0.3 is 15.3 Å². The van der Waals surface area contributed by atoms with Crippen molar-refractivity contribution in [3.63, 3.8) is 0 Å². The van der Waals surface area contributed by atoms with Gasteiger partial charge in [-0.25, -0.2) is 4.79 Å². The van der Waals surface area contributed by atoms with E-state index in [-0.39, 0.29) is 11.9 Å². The predicted octanol–water partition coefficient (Wildman–Crippen LogP) is 1.78. The molecule has 0 aromatic carbocycles. The first-order valence-electron chi connectivity index (χ1n) is 6.67. The molecule has 5 heteroatoms. The fraction of sp³-hybridized carbons (Fsp3) is 0.846. The average Bonchev–Trinajstić information content (AvgIpc) is 2.66. The minimum Gasteiger partial charge on any atom is -0.481 e. The Morgan fingerprint density at radius 3 is 2.56 bits per heavy atom. The van der Waals surface area contributed by atoms with Crippen molar-refractivity contribution in [3.8, 4) is 0 Å². The monoisotopic (exact) mass is 256 g/mol. The molecule has 0 saturated carbocycles. The standard InChI is InChI=1S/C13H24N2O3/c1-9(2)5-4-6-14-13(18)15-7-10(3)11(8-15)12(16)17/h9-11H,4-8H2,1-3H3,(H,14,18)(H,16,17)/t10-,11-/m1/s1. The van der Waals surface area contributed by atoms with Crippen molar-refractivity contribution in [2.45, 2.75) is 33.6 Å². The van der Waals surface area contributed by atoms with E-state index in [9.17, 15) is 9.59 Å². The van der Waals surface area contributed by atoms with Crippen LogP contribution >= 0.6 is 0 Å². The first-order chi connectivity index (χ1) is 8.41. The molecule has 0 aromatic heterocycles. The highest BCUT2D eigenvalue weighted by Crippen LogP contribution is 2.22. The summed E-state index contributed by atoms with van der Waals surface area (Å²) in [6.07, 6.45) is 2.06. The number of carbonyl (C=O) groups excluding carboxylic acids is 1. The number of likely N-dealkylation sites (tertiary alicyclic amines) is 1. The third-order valence-electron chi connectivity index (χ3n) is 3.45. The molecule has 0 bridgehead atoms. The summed E-state index contributed by atoms with van der Waals surface area (Å²) in [6.45, 7) is 7.72. The Morgan fingerprint density at radius 2 is 2.06 bits per heavy atom. The molecule has 1 heterocycles. The fourth-order valence-corrected chi connectivity index (χ4v) is 2.27. The molecule has 1 aliphatic heterocycles. The maximum atomic E-state index is 11.8. The Hall–Kier alpha value is -1.26. The highest BCUT2D eigenvalue weighted by atomic mass is 16.4. The van der Waals surface area contributed by atoms with Crippen molar-refractivity contribution in [1.29, 1.82) is 0 Å². The lowest BCUT2D eigenvalue weighted by molar-refractivity contribution is -0.142. The molecule has 104 valence electrons. The van der Waals surface area contributed by atoms with Gasteiger partial charge in [0.1, 0.15) is 0 Å². The number of nitrogens with one attached hydrogen (secondary N) is 1. The Labute approximate surface area is 109 Å². The lowest BCUT2D eigenvalue weighted by Gasteiger charge is -2.17. The summed E-state index contributed by atoms with van der Waals surface area (Å²) >= 11 is 0. The minimum atomic E-state index is -0.808. The van der Waals surface area contributed by atoms with Gasteiger partial charge in [-0.1, -0.05) is 20.8 Å². The summed E-state index contributed by atoms with van der Waals surface area (Å²) < 4.78 is 0. The second-order valence-corrected chi connectivity index (χ2v) is 5.60. The van der Waals surface area contributed by atoms with Gasteiger partial charge in [0, 0.05) is 19.6 Å². The zero-order valence-electron chi connectivity index (χ0n) is 11.5. The van der Waals surface area contributed by atoms with Crippen LogP contribution in [0.1, 0.15) is 33.6 Å². The van der Waals surface area contributed by atoms with Crippen LogP contribution in [-0.4, -0.2) is 41.6 Å². The number of carboxylic acid groups (broad SMARTS) is 1. The van der Waals surface area contributed by atoms with Gasteiger partial charge in [-0.15, -0.1) is 0 Å². The first-order valence-corrected chi connectivity index (χ1v) is 6.67. The number of carbonyl (C=O) groups is 2. The maximum Gasteiger partial charge on any atom is 0.317 e. The van der Waals surface area contributed by atoms with E-state index in [1.54, 1.807) is 4.90 Å². The summed E-state index contributed by atoms with van der Waals surface area (Å²) in [6, 6.07) is -0.130. The van der Waals surface area contributed by atoms with Gasteiger partial charge >= 0.3 is 12.0 Å². The van der Waals surface area contributed by atoms with Crippen LogP contribution < -0.4 is 5.32 Å². The second-order valence-electron chi connectivity index (χ2n) is 5.60. The maximum absolute atomic E-state index is 11.8. The molecule has 1 fully saturated rings. The van der Waals surface area contributed by atoms with Crippen LogP contribution in [0, 0.1) is 17.8 Å². The third kappa shape index (κ3) is 4.20. The van der Waals surface area contributed by atoms with Crippen molar-refractivity contribution in [2.75, 3.05) is 19.6 Å². The summed E-state index contributed by atoms with van der Waals surface area (Å²) in [7, 11) is 0. The smallest absolute Gasteiger partial charge is 0.317 e. The van der Waals surface area contributed by atoms with Gasteiger partial charge in [-0.05, 0) is 24.7 Å². The number of carboxylic acids is 1. The quantitative estimate of drug-likeness (QED) is 0.737. The fourth-order valence-electron chi connectivity index (χ4n) is 2.27.